The van der Waals surface area contributed by atoms with Crippen LogP contribution in [0.4, 0.5) is 5.82 Å². The number of hydrogen-bond acceptors (Lipinski definition) is 2. The average Bonchev–Trinajstić information content (AvgIpc) is 2.44. The molecule has 1 heterocycles. The lowest BCUT2D eigenvalue weighted by molar-refractivity contribution is 0.626. The van der Waals surface area contributed by atoms with Crippen LogP contribution in [0.5, 0.6) is 0 Å². The zero-order valence-corrected chi connectivity index (χ0v) is 14.9. The lowest BCUT2D eigenvalue weighted by Crippen LogP contribution is -2.27. The summed E-state index contributed by atoms with van der Waals surface area (Å²) >= 11 is 6.71. The second-order valence-corrected chi connectivity index (χ2v) is 7.33. The number of fused-ring (bicyclic) bond motifs is 1. The Labute approximate surface area is 139 Å². The smallest absolute Gasteiger partial charge is 0.131 e. The monoisotopic (exact) mass is 318 g/mol. The highest BCUT2D eigenvalue weighted by Crippen LogP contribution is 2.33. The highest BCUT2D eigenvalue weighted by Gasteiger charge is 2.17. The molecule has 2 aromatic rings. The lowest BCUT2D eigenvalue weighted by Gasteiger charge is -2.24. The highest BCUT2D eigenvalue weighted by atomic mass is 35.5. The summed E-state index contributed by atoms with van der Waals surface area (Å²) in [5.41, 5.74) is 2.08. The number of anilines is 1. The molecule has 0 spiro atoms. The molecule has 0 amide bonds. The minimum Gasteiger partial charge on any atom is -0.365 e. The predicted molar refractivity (Wildman–Crippen MR) is 98.0 cm³/mol. The van der Waals surface area contributed by atoms with Crippen molar-refractivity contribution in [2.75, 3.05) is 5.32 Å². The zero-order valence-electron chi connectivity index (χ0n) is 14.2. The molecule has 2 rings (SSSR count). The van der Waals surface area contributed by atoms with E-state index >= 15 is 0 Å². The number of rotatable bonds is 6. The van der Waals surface area contributed by atoms with Gasteiger partial charge in [0, 0.05) is 16.5 Å². The summed E-state index contributed by atoms with van der Waals surface area (Å²) in [5, 5.41) is 5.43. The fourth-order valence-corrected chi connectivity index (χ4v) is 2.97. The first-order chi connectivity index (χ1) is 10.4. The number of unbranched alkanes of at least 4 members (excludes halogenated alkanes) is 3. The van der Waals surface area contributed by atoms with E-state index in [0.29, 0.717) is 0 Å². The SMILES string of the molecule is CCCCCCc1c(NC(C)(C)C)nc2ccccc2c1Cl. The summed E-state index contributed by atoms with van der Waals surface area (Å²) in [6.45, 7) is 8.69. The Morgan fingerprint density at radius 1 is 1.09 bits per heavy atom. The molecule has 0 atom stereocenters. The van der Waals surface area contributed by atoms with E-state index in [-0.39, 0.29) is 5.54 Å². The Morgan fingerprint density at radius 2 is 1.82 bits per heavy atom. The van der Waals surface area contributed by atoms with Crippen molar-refractivity contribution in [1.82, 2.24) is 4.98 Å². The second kappa shape index (κ2) is 7.32. The molecule has 0 saturated heterocycles. The summed E-state index contributed by atoms with van der Waals surface area (Å²) in [4.78, 5) is 4.82. The molecule has 1 aromatic carbocycles. The lowest BCUT2D eigenvalue weighted by atomic mass is 10.0. The van der Waals surface area contributed by atoms with Gasteiger partial charge in [0.05, 0.1) is 10.5 Å². The number of nitrogens with one attached hydrogen (secondary N) is 1. The standard InChI is InChI=1S/C19H27ClN2/c1-5-6-7-8-12-15-17(20)14-11-9-10-13-16(14)21-18(15)22-19(2,3)4/h9-11,13H,5-8,12H2,1-4H3,(H,21,22). The van der Waals surface area contributed by atoms with Gasteiger partial charge in [0.1, 0.15) is 5.82 Å². The quantitative estimate of drug-likeness (QED) is 0.639. The van der Waals surface area contributed by atoms with Gasteiger partial charge in [-0.1, -0.05) is 56.0 Å². The van der Waals surface area contributed by atoms with Crippen molar-refractivity contribution in [2.24, 2.45) is 0 Å². The second-order valence-electron chi connectivity index (χ2n) is 6.96. The van der Waals surface area contributed by atoms with Crippen LogP contribution in [0.1, 0.15) is 58.9 Å². The van der Waals surface area contributed by atoms with Gasteiger partial charge in [-0.3, -0.25) is 0 Å². The van der Waals surface area contributed by atoms with Crippen molar-refractivity contribution in [3.05, 3.63) is 34.9 Å². The molecule has 3 heteroatoms. The van der Waals surface area contributed by atoms with Gasteiger partial charge in [0.2, 0.25) is 0 Å². The van der Waals surface area contributed by atoms with Crippen molar-refractivity contribution < 1.29 is 0 Å². The van der Waals surface area contributed by atoms with Crippen LogP contribution in [0.25, 0.3) is 10.9 Å². The number of nitrogens with zero attached hydrogens (tertiary/aromatic N) is 1. The van der Waals surface area contributed by atoms with E-state index < -0.39 is 0 Å². The van der Waals surface area contributed by atoms with Crippen LogP contribution in [0.2, 0.25) is 5.02 Å². The normalized spacial score (nSPS) is 11.9. The topological polar surface area (TPSA) is 24.9 Å². The third-order valence-electron chi connectivity index (χ3n) is 3.70. The predicted octanol–water partition coefficient (Wildman–Crippen LogP) is 6.22. The van der Waals surface area contributed by atoms with Crippen LogP contribution in [-0.2, 0) is 6.42 Å². The third-order valence-corrected chi connectivity index (χ3v) is 4.13. The molecule has 0 bridgehead atoms. The molecule has 1 aromatic heterocycles. The zero-order chi connectivity index (χ0) is 16.2. The molecule has 0 aliphatic rings. The van der Waals surface area contributed by atoms with Crippen molar-refractivity contribution in [2.45, 2.75) is 65.3 Å². The van der Waals surface area contributed by atoms with Crippen LogP contribution in [0, 0.1) is 0 Å². The largest absolute Gasteiger partial charge is 0.365 e. The highest BCUT2D eigenvalue weighted by molar-refractivity contribution is 6.36. The molecular formula is C19H27ClN2. The number of pyridine rings is 1. The van der Waals surface area contributed by atoms with Gasteiger partial charge in [-0.15, -0.1) is 0 Å². The number of halogens is 1. The van der Waals surface area contributed by atoms with E-state index in [0.717, 1.165) is 40.1 Å². The van der Waals surface area contributed by atoms with Gasteiger partial charge in [-0.05, 0) is 39.7 Å². The summed E-state index contributed by atoms with van der Waals surface area (Å²) in [6.07, 6.45) is 5.91. The van der Waals surface area contributed by atoms with Crippen molar-refractivity contribution in [3.8, 4) is 0 Å². The van der Waals surface area contributed by atoms with E-state index in [1.54, 1.807) is 0 Å². The van der Waals surface area contributed by atoms with E-state index in [4.69, 9.17) is 16.6 Å². The van der Waals surface area contributed by atoms with Crippen LogP contribution in [0.3, 0.4) is 0 Å². The van der Waals surface area contributed by atoms with E-state index in [2.05, 4.69) is 39.1 Å². The maximum Gasteiger partial charge on any atom is 0.131 e. The molecule has 1 N–H and O–H groups in total. The molecule has 0 aliphatic heterocycles. The third kappa shape index (κ3) is 4.36. The van der Waals surface area contributed by atoms with Crippen molar-refractivity contribution in [3.63, 3.8) is 0 Å². The van der Waals surface area contributed by atoms with Crippen molar-refractivity contribution in [1.29, 1.82) is 0 Å². The maximum absolute atomic E-state index is 6.71. The molecule has 120 valence electrons. The van der Waals surface area contributed by atoms with Gasteiger partial charge in [-0.25, -0.2) is 4.98 Å². The van der Waals surface area contributed by atoms with Gasteiger partial charge in [0.25, 0.3) is 0 Å². The van der Waals surface area contributed by atoms with Crippen LogP contribution >= 0.6 is 11.6 Å². The van der Waals surface area contributed by atoms with Gasteiger partial charge in [0.15, 0.2) is 0 Å². The molecule has 0 saturated carbocycles. The van der Waals surface area contributed by atoms with Crippen LogP contribution < -0.4 is 5.32 Å². The van der Waals surface area contributed by atoms with Gasteiger partial charge >= 0.3 is 0 Å². The summed E-state index contributed by atoms with van der Waals surface area (Å²) in [6, 6.07) is 8.11. The number of aromatic nitrogens is 1. The van der Waals surface area contributed by atoms with Gasteiger partial charge in [-0.2, -0.15) is 0 Å². The first-order valence-corrected chi connectivity index (χ1v) is 8.65. The Kier molecular flexibility index (Phi) is 5.69. The van der Waals surface area contributed by atoms with Crippen molar-refractivity contribution >= 4 is 28.3 Å². The molecule has 2 nitrogen and oxygen atoms in total. The molecule has 0 radical (unpaired) electrons. The minimum absolute atomic E-state index is 0.0308. The fourth-order valence-electron chi connectivity index (χ4n) is 2.63. The van der Waals surface area contributed by atoms with E-state index in [9.17, 15) is 0 Å². The molecular weight excluding hydrogens is 292 g/mol. The molecule has 0 unspecified atom stereocenters. The Bertz CT molecular complexity index is 629. The Hall–Kier alpha value is -1.28. The number of benzene rings is 1. The average molecular weight is 319 g/mol. The van der Waals surface area contributed by atoms with Gasteiger partial charge < -0.3 is 5.32 Å². The summed E-state index contributed by atoms with van der Waals surface area (Å²) < 4.78 is 0. The fraction of sp³-hybridized carbons (Fsp3) is 0.526. The molecule has 0 fully saturated rings. The first kappa shape index (κ1) is 17.1. The maximum atomic E-state index is 6.71. The first-order valence-electron chi connectivity index (χ1n) is 8.27. The Morgan fingerprint density at radius 3 is 2.50 bits per heavy atom. The van der Waals surface area contributed by atoms with E-state index in [1.165, 1.54) is 19.3 Å². The number of para-hydroxylation sites is 1. The molecule has 0 aliphatic carbocycles. The summed E-state index contributed by atoms with van der Waals surface area (Å²) in [5.74, 6) is 0.938. The van der Waals surface area contributed by atoms with Crippen LogP contribution in [-0.4, -0.2) is 10.5 Å². The van der Waals surface area contributed by atoms with Crippen LogP contribution in [0.15, 0.2) is 24.3 Å². The number of hydrogen-bond donors (Lipinski definition) is 1. The Balaban J connectivity index is 2.39. The van der Waals surface area contributed by atoms with E-state index in [1.807, 2.05) is 18.2 Å². The minimum atomic E-state index is -0.0308. The summed E-state index contributed by atoms with van der Waals surface area (Å²) in [7, 11) is 0. The molecule has 22 heavy (non-hydrogen) atoms.